The number of thioether (sulfide) groups is 1. The summed E-state index contributed by atoms with van der Waals surface area (Å²) in [6, 6.07) is 15.5. The SMILES string of the molecule is O=C(NC1(CC(=O)N2CSC[C@H]2C(=O)O)CC1)OCC1c2ccccc2-c2ccccc21. The first-order valence-electron chi connectivity index (χ1n) is 10.7. The lowest BCUT2D eigenvalue weighted by atomic mass is 9.98. The molecule has 7 nitrogen and oxygen atoms in total. The van der Waals surface area contributed by atoms with Crippen molar-refractivity contribution >= 4 is 29.7 Å². The van der Waals surface area contributed by atoms with Crippen molar-refractivity contribution in [2.45, 2.75) is 36.8 Å². The molecule has 32 heavy (non-hydrogen) atoms. The number of carboxylic acid groups (broad SMARTS) is 1. The highest BCUT2D eigenvalue weighted by Crippen LogP contribution is 2.45. The van der Waals surface area contributed by atoms with Gasteiger partial charge in [0.25, 0.3) is 0 Å². The van der Waals surface area contributed by atoms with Gasteiger partial charge in [-0.15, -0.1) is 11.8 Å². The van der Waals surface area contributed by atoms with E-state index < -0.39 is 23.6 Å². The zero-order chi connectivity index (χ0) is 22.3. The fourth-order valence-electron chi connectivity index (χ4n) is 4.63. The molecule has 8 heteroatoms. The second kappa shape index (κ2) is 8.16. The fourth-order valence-corrected chi connectivity index (χ4v) is 5.80. The van der Waals surface area contributed by atoms with Crippen LogP contribution in [-0.4, -0.2) is 57.8 Å². The van der Waals surface area contributed by atoms with Gasteiger partial charge < -0.3 is 20.1 Å². The molecule has 0 unspecified atom stereocenters. The van der Waals surface area contributed by atoms with Crippen molar-refractivity contribution in [2.24, 2.45) is 0 Å². The average Bonchev–Trinajstić information content (AvgIpc) is 3.23. The number of fused-ring (bicyclic) bond motifs is 3. The normalized spacial score (nSPS) is 20.4. The summed E-state index contributed by atoms with van der Waals surface area (Å²) < 4.78 is 5.61. The first-order valence-corrected chi connectivity index (χ1v) is 11.9. The number of amides is 2. The molecule has 1 saturated carbocycles. The Morgan fingerprint density at radius 2 is 1.69 bits per heavy atom. The van der Waals surface area contributed by atoms with Gasteiger partial charge in [0.1, 0.15) is 12.6 Å². The number of nitrogens with zero attached hydrogens (tertiary/aromatic N) is 1. The molecule has 1 aliphatic heterocycles. The standard InChI is InChI=1S/C24H24N2O5S/c27-21(26-14-32-13-20(26)22(28)29)11-24(9-10-24)25-23(30)31-12-19-17-7-3-1-5-15(17)16-6-2-4-8-18(16)19/h1-8,19-20H,9-14H2,(H,25,30)(H,28,29)/t20-/m0/s1. The van der Waals surface area contributed by atoms with Crippen molar-refractivity contribution in [3.63, 3.8) is 0 Å². The number of ether oxygens (including phenoxy) is 1. The van der Waals surface area contributed by atoms with E-state index in [0.717, 1.165) is 22.3 Å². The second-order valence-corrected chi connectivity index (χ2v) is 9.62. The van der Waals surface area contributed by atoms with E-state index in [1.165, 1.54) is 16.7 Å². The summed E-state index contributed by atoms with van der Waals surface area (Å²) in [6.45, 7) is 0.216. The van der Waals surface area contributed by atoms with Crippen LogP contribution < -0.4 is 5.32 Å². The van der Waals surface area contributed by atoms with Gasteiger partial charge in [0, 0.05) is 11.7 Å². The van der Waals surface area contributed by atoms with Crippen LogP contribution in [0.25, 0.3) is 11.1 Å². The Kier molecular flexibility index (Phi) is 5.33. The van der Waals surface area contributed by atoms with Crippen LogP contribution in [0.2, 0.25) is 0 Å². The van der Waals surface area contributed by atoms with Crippen molar-refractivity contribution in [1.82, 2.24) is 10.2 Å². The van der Waals surface area contributed by atoms with Gasteiger partial charge in [-0.2, -0.15) is 0 Å². The van der Waals surface area contributed by atoms with Crippen LogP contribution in [0.15, 0.2) is 48.5 Å². The van der Waals surface area contributed by atoms with Gasteiger partial charge >= 0.3 is 12.1 Å². The highest BCUT2D eigenvalue weighted by molar-refractivity contribution is 7.99. The number of carboxylic acids is 1. The van der Waals surface area contributed by atoms with Gasteiger partial charge in [0.05, 0.1) is 17.8 Å². The number of hydrogen-bond donors (Lipinski definition) is 2. The molecule has 2 aliphatic carbocycles. The Morgan fingerprint density at radius 3 is 2.28 bits per heavy atom. The molecule has 2 N–H and O–H groups in total. The van der Waals surface area contributed by atoms with Crippen molar-refractivity contribution < 1.29 is 24.2 Å². The van der Waals surface area contributed by atoms with E-state index in [9.17, 15) is 19.5 Å². The zero-order valence-electron chi connectivity index (χ0n) is 17.5. The lowest BCUT2D eigenvalue weighted by Crippen LogP contribution is -2.46. The summed E-state index contributed by atoms with van der Waals surface area (Å²) in [5.74, 6) is -0.482. The van der Waals surface area contributed by atoms with Crippen LogP contribution in [0.1, 0.15) is 36.3 Å². The minimum absolute atomic E-state index is 0.0251. The molecule has 0 radical (unpaired) electrons. The quantitative estimate of drug-likeness (QED) is 0.697. The van der Waals surface area contributed by atoms with Crippen molar-refractivity contribution in [3.05, 3.63) is 59.7 Å². The Labute approximate surface area is 190 Å². The number of alkyl carbamates (subject to hydrolysis) is 1. The summed E-state index contributed by atoms with van der Waals surface area (Å²) in [6.07, 6.45) is 0.924. The molecule has 0 spiro atoms. The molecule has 2 aromatic carbocycles. The summed E-state index contributed by atoms with van der Waals surface area (Å²) in [5.41, 5.74) is 3.99. The third-order valence-electron chi connectivity index (χ3n) is 6.54. The minimum atomic E-state index is -0.988. The molecule has 2 fully saturated rings. The first kappa shape index (κ1) is 20.9. The van der Waals surface area contributed by atoms with Gasteiger partial charge in [0.15, 0.2) is 0 Å². The molecule has 0 bridgehead atoms. The predicted octanol–water partition coefficient (Wildman–Crippen LogP) is 3.43. The molecular weight excluding hydrogens is 428 g/mol. The maximum Gasteiger partial charge on any atom is 0.407 e. The Bertz CT molecular complexity index is 1040. The molecule has 1 atom stereocenters. The number of carbonyl (C=O) groups excluding carboxylic acids is 2. The smallest absolute Gasteiger partial charge is 0.407 e. The topological polar surface area (TPSA) is 95.9 Å². The Morgan fingerprint density at radius 1 is 1.06 bits per heavy atom. The van der Waals surface area contributed by atoms with Crippen LogP contribution in [0.5, 0.6) is 0 Å². The average molecular weight is 453 g/mol. The van der Waals surface area contributed by atoms with Gasteiger partial charge in [-0.3, -0.25) is 4.79 Å². The van der Waals surface area contributed by atoms with Gasteiger partial charge in [0.2, 0.25) is 5.91 Å². The fraction of sp³-hybridized carbons (Fsp3) is 0.375. The van der Waals surface area contributed by atoms with Crippen LogP contribution in [0.3, 0.4) is 0 Å². The van der Waals surface area contributed by atoms with Gasteiger partial charge in [-0.25, -0.2) is 9.59 Å². The minimum Gasteiger partial charge on any atom is -0.480 e. The van der Waals surface area contributed by atoms with E-state index >= 15 is 0 Å². The Balaban J connectivity index is 1.21. The van der Waals surface area contributed by atoms with Crippen LogP contribution in [-0.2, 0) is 14.3 Å². The molecule has 2 amide bonds. The number of hydrogen-bond acceptors (Lipinski definition) is 5. The van der Waals surface area contributed by atoms with Crippen LogP contribution in [0, 0.1) is 0 Å². The lowest BCUT2D eigenvalue weighted by Gasteiger charge is -2.24. The second-order valence-electron chi connectivity index (χ2n) is 8.63. The van der Waals surface area contributed by atoms with Crippen molar-refractivity contribution in [3.8, 4) is 11.1 Å². The largest absolute Gasteiger partial charge is 0.480 e. The van der Waals surface area contributed by atoms with E-state index in [4.69, 9.17) is 4.74 Å². The molecule has 1 saturated heterocycles. The highest BCUT2D eigenvalue weighted by atomic mass is 32.2. The number of aliphatic carboxylic acids is 1. The number of benzene rings is 2. The van der Waals surface area contributed by atoms with Crippen molar-refractivity contribution in [2.75, 3.05) is 18.2 Å². The lowest BCUT2D eigenvalue weighted by molar-refractivity contribution is -0.148. The molecule has 2 aromatic rings. The van der Waals surface area contributed by atoms with E-state index in [0.29, 0.717) is 24.5 Å². The van der Waals surface area contributed by atoms with E-state index in [2.05, 4.69) is 29.6 Å². The maximum absolute atomic E-state index is 12.7. The molecular formula is C24H24N2O5S. The van der Waals surface area contributed by atoms with Crippen LogP contribution >= 0.6 is 11.8 Å². The molecule has 3 aliphatic rings. The summed E-state index contributed by atoms with van der Waals surface area (Å²) in [4.78, 5) is 38.1. The third kappa shape index (κ3) is 3.83. The maximum atomic E-state index is 12.7. The zero-order valence-corrected chi connectivity index (χ0v) is 18.3. The van der Waals surface area contributed by atoms with Crippen LogP contribution in [0.4, 0.5) is 4.79 Å². The molecule has 1 heterocycles. The number of rotatable bonds is 6. The Hall–Kier alpha value is -3.00. The number of carbonyl (C=O) groups is 3. The highest BCUT2D eigenvalue weighted by Gasteiger charge is 2.48. The molecule has 0 aromatic heterocycles. The predicted molar refractivity (Wildman–Crippen MR) is 120 cm³/mol. The van der Waals surface area contributed by atoms with E-state index in [1.807, 2.05) is 24.3 Å². The third-order valence-corrected chi connectivity index (χ3v) is 7.55. The van der Waals surface area contributed by atoms with Crippen molar-refractivity contribution in [1.29, 1.82) is 0 Å². The van der Waals surface area contributed by atoms with Gasteiger partial charge in [-0.05, 0) is 35.1 Å². The summed E-state index contributed by atoms with van der Waals surface area (Å²) >= 11 is 1.43. The monoisotopic (exact) mass is 452 g/mol. The number of nitrogens with one attached hydrogen (secondary N) is 1. The van der Waals surface area contributed by atoms with E-state index in [-0.39, 0.29) is 24.9 Å². The van der Waals surface area contributed by atoms with E-state index in [1.54, 1.807) is 0 Å². The molecule has 5 rings (SSSR count). The molecule has 166 valence electrons. The summed E-state index contributed by atoms with van der Waals surface area (Å²) in [5, 5.41) is 12.2. The first-order chi connectivity index (χ1) is 15.5. The van der Waals surface area contributed by atoms with Gasteiger partial charge in [-0.1, -0.05) is 48.5 Å². The summed E-state index contributed by atoms with van der Waals surface area (Å²) in [7, 11) is 0.